The Hall–Kier alpha value is -1.84. The molecule has 82 valence electrons. The molecule has 0 spiro atoms. The third-order valence-electron chi connectivity index (χ3n) is 3.00. The minimum Gasteiger partial charge on any atom is -0.396 e. The zero-order valence-electron chi connectivity index (χ0n) is 9.22. The number of hydrogen-bond donors (Lipinski definition) is 1. The summed E-state index contributed by atoms with van der Waals surface area (Å²) in [4.78, 5) is 4.12. The largest absolute Gasteiger partial charge is 0.396 e. The molecule has 2 heterocycles. The molecule has 2 aromatic rings. The molecular weight excluding hydrogens is 200 g/mol. The van der Waals surface area contributed by atoms with E-state index in [9.17, 15) is 0 Å². The van der Waals surface area contributed by atoms with Crippen LogP contribution in [-0.2, 0) is 0 Å². The van der Waals surface area contributed by atoms with Crippen molar-refractivity contribution in [1.29, 1.82) is 0 Å². The molecule has 16 heavy (non-hydrogen) atoms. The van der Waals surface area contributed by atoms with E-state index in [0.29, 0.717) is 5.92 Å². The van der Waals surface area contributed by atoms with Crippen LogP contribution in [0.4, 0.5) is 5.69 Å². The number of rotatable bonds is 2. The van der Waals surface area contributed by atoms with Crippen molar-refractivity contribution in [3.63, 3.8) is 0 Å². The molecule has 1 saturated carbocycles. The summed E-state index contributed by atoms with van der Waals surface area (Å²) < 4.78 is 1.94. The highest BCUT2D eigenvalue weighted by atomic mass is 15.3. The molecule has 0 atom stereocenters. The van der Waals surface area contributed by atoms with Gasteiger partial charge in [-0.25, -0.2) is 4.68 Å². The van der Waals surface area contributed by atoms with Gasteiger partial charge in [-0.2, -0.15) is 5.10 Å². The average Bonchev–Trinajstić information content (AvgIpc) is 3.09. The highest BCUT2D eigenvalue weighted by molar-refractivity contribution is 5.53. The maximum absolute atomic E-state index is 6.08. The van der Waals surface area contributed by atoms with E-state index >= 15 is 0 Å². The summed E-state index contributed by atoms with van der Waals surface area (Å²) in [7, 11) is 0. The van der Waals surface area contributed by atoms with E-state index in [2.05, 4.69) is 10.1 Å². The normalized spacial score (nSPS) is 15.3. The van der Waals surface area contributed by atoms with Gasteiger partial charge >= 0.3 is 0 Å². The molecule has 0 aromatic carbocycles. The van der Waals surface area contributed by atoms with Crippen molar-refractivity contribution < 1.29 is 0 Å². The fraction of sp³-hybridized carbons (Fsp3) is 0.333. The molecule has 0 aliphatic heterocycles. The lowest BCUT2D eigenvalue weighted by atomic mass is 10.2. The smallest absolute Gasteiger partial charge is 0.0833 e. The lowest BCUT2D eigenvalue weighted by Gasteiger charge is -2.06. The first-order valence-electron chi connectivity index (χ1n) is 5.53. The number of hydrogen-bond acceptors (Lipinski definition) is 3. The van der Waals surface area contributed by atoms with E-state index in [0.717, 1.165) is 22.8 Å². The third kappa shape index (κ3) is 1.38. The van der Waals surface area contributed by atoms with Crippen LogP contribution in [-0.4, -0.2) is 14.8 Å². The van der Waals surface area contributed by atoms with Crippen molar-refractivity contribution in [3.05, 3.63) is 35.9 Å². The van der Waals surface area contributed by atoms with Crippen LogP contribution in [0.5, 0.6) is 0 Å². The first-order chi connectivity index (χ1) is 7.77. The Labute approximate surface area is 94.1 Å². The molecule has 0 bridgehead atoms. The average molecular weight is 214 g/mol. The predicted molar refractivity (Wildman–Crippen MR) is 62.5 cm³/mol. The van der Waals surface area contributed by atoms with Crippen LogP contribution in [0.1, 0.15) is 30.1 Å². The lowest BCUT2D eigenvalue weighted by Crippen LogP contribution is -2.02. The second kappa shape index (κ2) is 3.33. The van der Waals surface area contributed by atoms with E-state index in [4.69, 9.17) is 5.73 Å². The minimum atomic E-state index is 0.585. The molecule has 0 saturated heterocycles. The minimum absolute atomic E-state index is 0.585. The maximum Gasteiger partial charge on any atom is 0.0833 e. The Morgan fingerprint density at radius 1 is 1.44 bits per heavy atom. The van der Waals surface area contributed by atoms with Crippen LogP contribution in [0.15, 0.2) is 24.5 Å². The molecule has 1 aliphatic rings. The number of nitrogen functional groups attached to an aromatic ring is 1. The molecule has 0 unspecified atom stereocenters. The van der Waals surface area contributed by atoms with Gasteiger partial charge in [0.15, 0.2) is 0 Å². The van der Waals surface area contributed by atoms with Gasteiger partial charge in [-0.1, -0.05) is 0 Å². The van der Waals surface area contributed by atoms with Crippen molar-refractivity contribution in [3.8, 4) is 5.69 Å². The molecule has 2 aromatic heterocycles. The molecular formula is C12H14N4. The number of anilines is 1. The molecule has 2 N–H and O–H groups in total. The number of pyridine rings is 1. The molecule has 4 nitrogen and oxygen atoms in total. The van der Waals surface area contributed by atoms with Crippen LogP contribution >= 0.6 is 0 Å². The first-order valence-corrected chi connectivity index (χ1v) is 5.53. The Morgan fingerprint density at radius 3 is 2.88 bits per heavy atom. The second-order valence-corrected chi connectivity index (χ2v) is 4.28. The number of nitrogens with zero attached hydrogens (tertiary/aromatic N) is 3. The number of aromatic nitrogens is 3. The maximum atomic E-state index is 6.08. The summed E-state index contributed by atoms with van der Waals surface area (Å²) in [5.41, 5.74) is 9.97. The van der Waals surface area contributed by atoms with Crippen LogP contribution in [0.25, 0.3) is 5.69 Å². The summed E-state index contributed by atoms with van der Waals surface area (Å²) in [6, 6.07) is 3.92. The molecule has 0 radical (unpaired) electrons. The molecule has 0 amide bonds. The molecule has 4 heteroatoms. The summed E-state index contributed by atoms with van der Waals surface area (Å²) in [5.74, 6) is 0.585. The number of nitrogens with two attached hydrogens (primary N) is 1. The van der Waals surface area contributed by atoms with Gasteiger partial charge in [-0.3, -0.25) is 4.98 Å². The van der Waals surface area contributed by atoms with E-state index < -0.39 is 0 Å². The van der Waals surface area contributed by atoms with Crippen molar-refractivity contribution >= 4 is 5.69 Å². The Morgan fingerprint density at radius 2 is 2.25 bits per heavy atom. The SMILES string of the molecule is Cc1nn(-c2cccnc2)c(C2CC2)c1N. The molecule has 3 rings (SSSR count). The zero-order chi connectivity index (χ0) is 11.1. The van der Waals surface area contributed by atoms with Crippen molar-refractivity contribution in [2.24, 2.45) is 0 Å². The van der Waals surface area contributed by atoms with Crippen molar-refractivity contribution in [2.45, 2.75) is 25.7 Å². The van der Waals surface area contributed by atoms with E-state index in [1.165, 1.54) is 12.8 Å². The Bertz CT molecular complexity index is 511. The van der Waals surface area contributed by atoms with E-state index in [-0.39, 0.29) is 0 Å². The monoisotopic (exact) mass is 214 g/mol. The van der Waals surface area contributed by atoms with Crippen LogP contribution in [0.3, 0.4) is 0 Å². The summed E-state index contributed by atoms with van der Waals surface area (Å²) in [6.45, 7) is 1.95. The van der Waals surface area contributed by atoms with Crippen molar-refractivity contribution in [1.82, 2.24) is 14.8 Å². The van der Waals surface area contributed by atoms with Gasteiger partial charge in [-0.15, -0.1) is 0 Å². The van der Waals surface area contributed by atoms with E-state index in [1.807, 2.05) is 29.9 Å². The summed E-state index contributed by atoms with van der Waals surface area (Å²) >= 11 is 0. The van der Waals surface area contributed by atoms with Gasteiger partial charge in [0.1, 0.15) is 0 Å². The standard InChI is InChI=1S/C12H14N4/c1-8-11(13)12(9-4-5-9)16(15-8)10-3-2-6-14-7-10/h2-3,6-7,9H,4-5,13H2,1H3. The van der Waals surface area contributed by atoms with Gasteiger partial charge in [-0.05, 0) is 31.9 Å². The fourth-order valence-electron chi connectivity index (χ4n) is 1.98. The lowest BCUT2D eigenvalue weighted by molar-refractivity contribution is 0.796. The van der Waals surface area contributed by atoms with E-state index in [1.54, 1.807) is 6.20 Å². The topological polar surface area (TPSA) is 56.7 Å². The highest BCUT2D eigenvalue weighted by Gasteiger charge is 2.31. The van der Waals surface area contributed by atoms with Gasteiger partial charge in [0.25, 0.3) is 0 Å². The highest BCUT2D eigenvalue weighted by Crippen LogP contribution is 2.44. The Kier molecular flexibility index (Phi) is 1.96. The second-order valence-electron chi connectivity index (χ2n) is 4.28. The molecule has 1 aliphatic carbocycles. The zero-order valence-corrected chi connectivity index (χ0v) is 9.22. The quantitative estimate of drug-likeness (QED) is 0.832. The van der Waals surface area contributed by atoms with Gasteiger partial charge in [0, 0.05) is 12.1 Å². The van der Waals surface area contributed by atoms with Crippen LogP contribution in [0.2, 0.25) is 0 Å². The van der Waals surface area contributed by atoms with Gasteiger partial charge < -0.3 is 5.73 Å². The van der Waals surface area contributed by atoms with Crippen molar-refractivity contribution in [2.75, 3.05) is 5.73 Å². The first kappa shape index (κ1) is 9.39. The predicted octanol–water partition coefficient (Wildman–Crippen LogP) is 2.04. The van der Waals surface area contributed by atoms with Gasteiger partial charge in [0.05, 0.1) is 29.0 Å². The third-order valence-corrected chi connectivity index (χ3v) is 3.00. The fourth-order valence-corrected chi connectivity index (χ4v) is 1.98. The Balaban J connectivity index is 2.17. The van der Waals surface area contributed by atoms with Crippen LogP contribution in [0, 0.1) is 6.92 Å². The summed E-state index contributed by atoms with van der Waals surface area (Å²) in [6.07, 6.45) is 6.02. The molecule has 1 fully saturated rings. The van der Waals surface area contributed by atoms with Crippen LogP contribution < -0.4 is 5.73 Å². The number of aryl methyl sites for hydroxylation is 1. The van der Waals surface area contributed by atoms with Gasteiger partial charge in [0.2, 0.25) is 0 Å². The summed E-state index contributed by atoms with van der Waals surface area (Å²) in [5, 5.41) is 4.49.